The summed E-state index contributed by atoms with van der Waals surface area (Å²) in [5.41, 5.74) is -0.822. The molecule has 6 heteroatoms. The van der Waals surface area contributed by atoms with Gasteiger partial charge in [-0.05, 0) is 19.8 Å². The predicted molar refractivity (Wildman–Crippen MR) is 58.0 cm³/mol. The molecule has 1 aliphatic rings. The van der Waals surface area contributed by atoms with E-state index in [4.69, 9.17) is 16.7 Å². The zero-order chi connectivity index (χ0) is 11.9. The first-order valence-corrected chi connectivity index (χ1v) is 5.44. The van der Waals surface area contributed by atoms with Crippen LogP contribution in [0.1, 0.15) is 47.4 Å². The fourth-order valence-electron chi connectivity index (χ4n) is 1.93. The molecule has 1 N–H and O–H groups in total. The molecule has 2 heterocycles. The predicted octanol–water partition coefficient (Wildman–Crippen LogP) is 1.58. The number of fused-ring (bicyclic) bond motifs is 1. The van der Waals surface area contributed by atoms with Crippen molar-refractivity contribution >= 4 is 17.6 Å². The Bertz CT molecular complexity index is 497. The number of carboxylic acids is 1. The van der Waals surface area contributed by atoms with E-state index < -0.39 is 11.5 Å². The van der Waals surface area contributed by atoms with Crippen LogP contribution in [0.2, 0.25) is 0 Å². The van der Waals surface area contributed by atoms with Crippen molar-refractivity contribution in [3.8, 4) is 0 Å². The second-order valence-electron chi connectivity index (χ2n) is 3.90. The molecular formula is C10H11ClN2O3. The largest absolute Gasteiger partial charge is 0.477 e. The molecule has 1 aromatic heterocycles. The molecule has 0 bridgehead atoms. The van der Waals surface area contributed by atoms with Crippen LogP contribution < -0.4 is 5.56 Å². The van der Waals surface area contributed by atoms with Crippen molar-refractivity contribution < 1.29 is 9.90 Å². The normalized spacial score (nSPS) is 23.9. The molecule has 2 rings (SSSR count). The highest BCUT2D eigenvalue weighted by atomic mass is 35.5. The maximum atomic E-state index is 11.9. The summed E-state index contributed by atoms with van der Waals surface area (Å²) in [6.07, 6.45) is 2.59. The molecule has 86 valence electrons. The number of carbonyl (C=O) groups is 1. The van der Waals surface area contributed by atoms with Crippen molar-refractivity contribution in [1.29, 1.82) is 0 Å². The van der Waals surface area contributed by atoms with Crippen molar-refractivity contribution in [1.82, 2.24) is 9.55 Å². The number of aromatic nitrogens is 2. The van der Waals surface area contributed by atoms with Gasteiger partial charge in [0.05, 0.1) is 5.38 Å². The first-order valence-electron chi connectivity index (χ1n) is 5.01. The van der Waals surface area contributed by atoms with Crippen molar-refractivity contribution in [2.24, 2.45) is 0 Å². The van der Waals surface area contributed by atoms with E-state index in [1.54, 1.807) is 0 Å². The Morgan fingerprint density at radius 1 is 1.62 bits per heavy atom. The number of rotatable bonds is 1. The van der Waals surface area contributed by atoms with Crippen LogP contribution in [0.4, 0.5) is 0 Å². The van der Waals surface area contributed by atoms with Crippen LogP contribution in [0.5, 0.6) is 0 Å². The van der Waals surface area contributed by atoms with Gasteiger partial charge >= 0.3 is 5.97 Å². The number of aromatic carboxylic acids is 1. The van der Waals surface area contributed by atoms with Gasteiger partial charge in [-0.25, -0.2) is 9.78 Å². The number of hydrogen-bond donors (Lipinski definition) is 1. The average molecular weight is 243 g/mol. The van der Waals surface area contributed by atoms with E-state index >= 15 is 0 Å². The average Bonchev–Trinajstić information content (AvgIpc) is 2.23. The van der Waals surface area contributed by atoms with E-state index in [-0.39, 0.29) is 17.0 Å². The van der Waals surface area contributed by atoms with Gasteiger partial charge < -0.3 is 5.11 Å². The minimum atomic E-state index is -1.25. The molecule has 0 aliphatic carbocycles. The van der Waals surface area contributed by atoms with Crippen molar-refractivity contribution in [3.63, 3.8) is 0 Å². The van der Waals surface area contributed by atoms with Crippen LogP contribution in [0.15, 0.2) is 11.0 Å². The third-order valence-electron chi connectivity index (χ3n) is 2.81. The Hall–Kier alpha value is -1.36. The fraction of sp³-hybridized carbons (Fsp3) is 0.500. The Balaban J connectivity index is 2.68. The van der Waals surface area contributed by atoms with Crippen LogP contribution in [-0.2, 0) is 0 Å². The highest BCUT2D eigenvalue weighted by Gasteiger charge is 2.27. The monoisotopic (exact) mass is 242 g/mol. The lowest BCUT2D eigenvalue weighted by Crippen LogP contribution is -2.35. The second kappa shape index (κ2) is 3.90. The van der Waals surface area contributed by atoms with E-state index in [2.05, 4.69) is 4.98 Å². The Morgan fingerprint density at radius 3 is 2.94 bits per heavy atom. The zero-order valence-corrected chi connectivity index (χ0v) is 9.44. The van der Waals surface area contributed by atoms with Crippen LogP contribution in [0.3, 0.4) is 0 Å². The maximum absolute atomic E-state index is 11.9. The lowest BCUT2D eigenvalue weighted by atomic mass is 10.0. The lowest BCUT2D eigenvalue weighted by molar-refractivity contribution is 0.0693. The van der Waals surface area contributed by atoms with Gasteiger partial charge in [0.25, 0.3) is 5.56 Å². The van der Waals surface area contributed by atoms with E-state index in [0.717, 1.165) is 19.0 Å². The molecule has 0 saturated carbocycles. The Labute approximate surface area is 96.7 Å². The summed E-state index contributed by atoms with van der Waals surface area (Å²) in [5, 5.41) is 8.52. The number of nitrogens with zero attached hydrogens (tertiary/aromatic N) is 2. The van der Waals surface area contributed by atoms with Crippen LogP contribution >= 0.6 is 11.6 Å². The number of alkyl halides is 1. The van der Waals surface area contributed by atoms with Crippen molar-refractivity contribution in [3.05, 3.63) is 27.9 Å². The summed E-state index contributed by atoms with van der Waals surface area (Å²) in [4.78, 5) is 26.7. The molecule has 0 radical (unpaired) electrons. The Kier molecular flexibility index (Phi) is 2.71. The summed E-state index contributed by atoms with van der Waals surface area (Å²) < 4.78 is 1.39. The van der Waals surface area contributed by atoms with Crippen LogP contribution in [0, 0.1) is 0 Å². The highest BCUT2D eigenvalue weighted by molar-refractivity contribution is 6.20. The maximum Gasteiger partial charge on any atom is 0.342 e. The summed E-state index contributed by atoms with van der Waals surface area (Å²) >= 11 is 6.05. The molecule has 16 heavy (non-hydrogen) atoms. The van der Waals surface area contributed by atoms with Gasteiger partial charge in [-0.1, -0.05) is 0 Å². The van der Waals surface area contributed by atoms with E-state index in [0.29, 0.717) is 5.82 Å². The van der Waals surface area contributed by atoms with E-state index in [9.17, 15) is 9.59 Å². The molecule has 0 fully saturated rings. The third kappa shape index (κ3) is 1.61. The summed E-state index contributed by atoms with van der Waals surface area (Å²) in [6, 6.07) is -0.0516. The zero-order valence-electron chi connectivity index (χ0n) is 8.68. The van der Waals surface area contributed by atoms with Gasteiger partial charge in [0.1, 0.15) is 11.4 Å². The molecule has 1 aromatic rings. The second-order valence-corrected chi connectivity index (χ2v) is 4.43. The Morgan fingerprint density at radius 2 is 2.31 bits per heavy atom. The fourth-order valence-corrected chi connectivity index (χ4v) is 2.22. The van der Waals surface area contributed by atoms with Gasteiger partial charge in [0, 0.05) is 12.2 Å². The lowest BCUT2D eigenvalue weighted by Gasteiger charge is -2.27. The molecule has 0 saturated heterocycles. The van der Waals surface area contributed by atoms with Crippen LogP contribution in [-0.4, -0.2) is 20.6 Å². The first-order chi connectivity index (χ1) is 7.52. The van der Waals surface area contributed by atoms with E-state index in [1.165, 1.54) is 4.57 Å². The van der Waals surface area contributed by atoms with Gasteiger partial charge in [-0.15, -0.1) is 11.6 Å². The number of halogens is 1. The molecule has 0 spiro atoms. The molecule has 1 aliphatic heterocycles. The van der Waals surface area contributed by atoms with Gasteiger partial charge in [-0.2, -0.15) is 0 Å². The van der Waals surface area contributed by atoms with E-state index in [1.807, 2.05) is 6.92 Å². The smallest absolute Gasteiger partial charge is 0.342 e. The molecule has 2 atom stereocenters. The van der Waals surface area contributed by atoms with Crippen molar-refractivity contribution in [2.45, 2.75) is 31.2 Å². The minimum absolute atomic E-state index is 0.0516. The summed E-state index contributed by atoms with van der Waals surface area (Å²) in [6.45, 7) is 1.86. The highest BCUT2D eigenvalue weighted by Crippen LogP contribution is 2.33. The first kappa shape index (κ1) is 11.1. The number of hydrogen-bond acceptors (Lipinski definition) is 3. The third-order valence-corrected chi connectivity index (χ3v) is 3.22. The van der Waals surface area contributed by atoms with Crippen molar-refractivity contribution in [2.75, 3.05) is 0 Å². The summed E-state index contributed by atoms with van der Waals surface area (Å²) in [7, 11) is 0. The standard InChI is InChI=1S/C10H11ClN2O3/c1-5-2-3-7(11)8-12-4-6(10(15)16)9(14)13(5)8/h4-5,7H,2-3H2,1H3,(H,15,16)/t5-,7+/m1/s1. The molecular weight excluding hydrogens is 232 g/mol. The minimum Gasteiger partial charge on any atom is -0.477 e. The van der Waals surface area contributed by atoms with Gasteiger partial charge in [0.15, 0.2) is 0 Å². The molecule has 5 nitrogen and oxygen atoms in total. The molecule has 0 aromatic carbocycles. The topological polar surface area (TPSA) is 72.2 Å². The SMILES string of the molecule is C[C@@H]1CC[C@H](Cl)c2ncc(C(=O)O)c(=O)n21. The number of carboxylic acid groups (broad SMARTS) is 1. The molecule has 0 amide bonds. The van der Waals surface area contributed by atoms with Gasteiger partial charge in [0.2, 0.25) is 0 Å². The quantitative estimate of drug-likeness (QED) is 0.759. The molecule has 0 unspecified atom stereocenters. The summed E-state index contributed by atoms with van der Waals surface area (Å²) in [5.74, 6) is -0.785. The van der Waals surface area contributed by atoms with Crippen LogP contribution in [0.25, 0.3) is 0 Å². The van der Waals surface area contributed by atoms with Gasteiger partial charge in [-0.3, -0.25) is 9.36 Å².